The van der Waals surface area contributed by atoms with Gasteiger partial charge in [0.2, 0.25) is 0 Å². The van der Waals surface area contributed by atoms with Crippen LogP contribution in [0.5, 0.6) is 0 Å². The number of nitrogens with zero attached hydrogens (tertiary/aromatic N) is 1. The zero-order chi connectivity index (χ0) is 13.8. The molecule has 3 N–H and O–H groups in total. The number of nitrogens with two attached hydrogens (primary N) is 1. The van der Waals surface area contributed by atoms with E-state index in [2.05, 4.69) is 4.72 Å². The minimum absolute atomic E-state index is 0.271. The maximum atomic E-state index is 12.0. The summed E-state index contributed by atoms with van der Waals surface area (Å²) in [5.74, 6) is 0.271. The summed E-state index contributed by atoms with van der Waals surface area (Å²) < 4.78 is 27.8. The molecule has 0 atom stereocenters. The summed E-state index contributed by atoms with van der Waals surface area (Å²) in [6.07, 6.45) is 0. The van der Waals surface area contributed by atoms with Crippen molar-refractivity contribution in [2.45, 2.75) is 20.4 Å². The summed E-state index contributed by atoms with van der Waals surface area (Å²) in [7, 11) is -1.95. The molecule has 0 aliphatic heterocycles. The van der Waals surface area contributed by atoms with Gasteiger partial charge in [-0.2, -0.15) is 13.1 Å². The average molecular weight is 271 g/mol. The number of nitrogens with one attached hydrogen (secondary N) is 1. The Morgan fingerprint density at radius 2 is 1.83 bits per heavy atom. The minimum atomic E-state index is -3.48. The average Bonchev–Trinajstić information content (AvgIpc) is 2.36. The third-order valence-corrected chi connectivity index (χ3v) is 4.03. The van der Waals surface area contributed by atoms with E-state index in [1.54, 1.807) is 12.1 Å². The van der Waals surface area contributed by atoms with Crippen LogP contribution in [-0.4, -0.2) is 22.0 Å². The molecule has 1 aromatic rings. The molecule has 0 bridgehead atoms. The van der Waals surface area contributed by atoms with E-state index in [9.17, 15) is 8.42 Å². The Hall–Kier alpha value is -1.11. The van der Waals surface area contributed by atoms with Crippen LogP contribution < -0.4 is 14.8 Å². The van der Waals surface area contributed by atoms with Gasteiger partial charge in [0.15, 0.2) is 0 Å². The van der Waals surface area contributed by atoms with Gasteiger partial charge in [0.25, 0.3) is 0 Å². The van der Waals surface area contributed by atoms with Crippen molar-refractivity contribution in [2.24, 2.45) is 11.7 Å². The molecule has 0 fully saturated rings. The standard InChI is InChI=1S/C12H21N3O2S/c1-10(2)9-14-18(16,17)15(3)12-6-4-11(8-13)5-7-12/h4-7,10,14H,8-9,13H2,1-3H3. The highest BCUT2D eigenvalue weighted by Crippen LogP contribution is 2.16. The maximum absolute atomic E-state index is 12.0. The van der Waals surface area contributed by atoms with Gasteiger partial charge in [-0.25, -0.2) is 0 Å². The Kier molecular flexibility index (Phi) is 5.13. The van der Waals surface area contributed by atoms with E-state index in [0.717, 1.165) is 5.56 Å². The Morgan fingerprint density at radius 3 is 2.28 bits per heavy atom. The predicted molar refractivity (Wildman–Crippen MR) is 74.5 cm³/mol. The quantitative estimate of drug-likeness (QED) is 0.812. The van der Waals surface area contributed by atoms with Crippen LogP contribution in [0.2, 0.25) is 0 Å². The molecule has 0 aromatic heterocycles. The fourth-order valence-corrected chi connectivity index (χ4v) is 2.49. The van der Waals surface area contributed by atoms with Crippen LogP contribution in [0.1, 0.15) is 19.4 Å². The van der Waals surface area contributed by atoms with Crippen LogP contribution >= 0.6 is 0 Å². The molecular formula is C12H21N3O2S. The summed E-state index contributed by atoms with van der Waals surface area (Å²) >= 11 is 0. The van der Waals surface area contributed by atoms with Crippen LogP contribution in [0.4, 0.5) is 5.69 Å². The first-order valence-electron chi connectivity index (χ1n) is 5.89. The fourth-order valence-electron chi connectivity index (χ4n) is 1.35. The molecule has 5 nitrogen and oxygen atoms in total. The molecule has 0 saturated carbocycles. The fraction of sp³-hybridized carbons (Fsp3) is 0.500. The van der Waals surface area contributed by atoms with E-state index in [1.165, 1.54) is 11.4 Å². The molecule has 0 aliphatic carbocycles. The van der Waals surface area contributed by atoms with Crippen LogP contribution in [0.3, 0.4) is 0 Å². The van der Waals surface area contributed by atoms with Crippen LogP contribution in [0, 0.1) is 5.92 Å². The Balaban J connectivity index is 2.81. The third kappa shape index (κ3) is 3.97. The van der Waals surface area contributed by atoms with Gasteiger partial charge < -0.3 is 5.73 Å². The number of hydrogen-bond acceptors (Lipinski definition) is 3. The molecule has 0 amide bonds. The van der Waals surface area contributed by atoms with Crippen molar-refractivity contribution in [3.63, 3.8) is 0 Å². The van der Waals surface area contributed by atoms with Gasteiger partial charge >= 0.3 is 10.2 Å². The lowest BCUT2D eigenvalue weighted by Gasteiger charge is -2.20. The van der Waals surface area contributed by atoms with Gasteiger partial charge in [0, 0.05) is 20.1 Å². The van der Waals surface area contributed by atoms with Gasteiger partial charge in [0.1, 0.15) is 0 Å². The predicted octanol–water partition coefficient (Wildman–Crippen LogP) is 1.07. The Labute approximate surface area is 109 Å². The van der Waals surface area contributed by atoms with Crippen molar-refractivity contribution in [2.75, 3.05) is 17.9 Å². The molecule has 1 aromatic carbocycles. The highest BCUT2D eigenvalue weighted by atomic mass is 32.2. The molecule has 0 heterocycles. The Bertz CT molecular complexity index is 469. The molecule has 18 heavy (non-hydrogen) atoms. The minimum Gasteiger partial charge on any atom is -0.326 e. The number of benzene rings is 1. The molecule has 0 unspecified atom stereocenters. The molecule has 6 heteroatoms. The third-order valence-electron chi connectivity index (χ3n) is 2.57. The second kappa shape index (κ2) is 6.17. The first-order chi connectivity index (χ1) is 8.36. The van der Waals surface area contributed by atoms with Crippen LogP contribution in [0.25, 0.3) is 0 Å². The van der Waals surface area contributed by atoms with Gasteiger partial charge in [-0.3, -0.25) is 4.31 Å². The summed E-state index contributed by atoms with van der Waals surface area (Å²) in [5.41, 5.74) is 7.08. The molecule has 1 rings (SSSR count). The number of rotatable bonds is 6. The van der Waals surface area contributed by atoms with Gasteiger partial charge in [-0.1, -0.05) is 26.0 Å². The summed E-state index contributed by atoms with van der Waals surface area (Å²) in [4.78, 5) is 0. The van der Waals surface area contributed by atoms with Crippen molar-refractivity contribution in [1.29, 1.82) is 0 Å². The van der Waals surface area contributed by atoms with Crippen molar-refractivity contribution in [1.82, 2.24) is 4.72 Å². The smallest absolute Gasteiger partial charge is 0.301 e. The van der Waals surface area contributed by atoms with Crippen molar-refractivity contribution < 1.29 is 8.42 Å². The highest BCUT2D eigenvalue weighted by molar-refractivity contribution is 7.90. The van der Waals surface area contributed by atoms with E-state index >= 15 is 0 Å². The van der Waals surface area contributed by atoms with Gasteiger partial charge in [-0.05, 0) is 23.6 Å². The first kappa shape index (κ1) is 14.9. The molecular weight excluding hydrogens is 250 g/mol. The van der Waals surface area contributed by atoms with Crippen molar-refractivity contribution in [3.8, 4) is 0 Å². The van der Waals surface area contributed by atoms with E-state index < -0.39 is 10.2 Å². The maximum Gasteiger partial charge on any atom is 0.301 e. The van der Waals surface area contributed by atoms with Crippen molar-refractivity contribution >= 4 is 15.9 Å². The van der Waals surface area contributed by atoms with Crippen LogP contribution in [0.15, 0.2) is 24.3 Å². The molecule has 0 saturated heterocycles. The monoisotopic (exact) mass is 271 g/mol. The van der Waals surface area contributed by atoms with E-state index in [-0.39, 0.29) is 5.92 Å². The van der Waals surface area contributed by atoms with E-state index in [0.29, 0.717) is 18.8 Å². The lowest BCUT2D eigenvalue weighted by atomic mass is 10.2. The molecule has 0 spiro atoms. The zero-order valence-corrected chi connectivity index (χ0v) is 11.9. The first-order valence-corrected chi connectivity index (χ1v) is 7.33. The normalized spacial score (nSPS) is 11.8. The molecule has 102 valence electrons. The lowest BCUT2D eigenvalue weighted by Crippen LogP contribution is -2.39. The van der Waals surface area contributed by atoms with Crippen LogP contribution in [-0.2, 0) is 16.8 Å². The highest BCUT2D eigenvalue weighted by Gasteiger charge is 2.17. The number of hydrogen-bond donors (Lipinski definition) is 2. The summed E-state index contributed by atoms with van der Waals surface area (Å²) in [6, 6.07) is 7.14. The largest absolute Gasteiger partial charge is 0.326 e. The van der Waals surface area contributed by atoms with E-state index in [1.807, 2.05) is 26.0 Å². The summed E-state index contributed by atoms with van der Waals surface area (Å²) in [6.45, 7) is 4.78. The second-order valence-corrected chi connectivity index (χ2v) is 6.37. The summed E-state index contributed by atoms with van der Waals surface area (Å²) in [5, 5.41) is 0. The van der Waals surface area contributed by atoms with Gasteiger partial charge in [-0.15, -0.1) is 0 Å². The number of anilines is 1. The molecule has 0 aliphatic rings. The SMILES string of the molecule is CC(C)CNS(=O)(=O)N(C)c1ccc(CN)cc1. The Morgan fingerprint density at radius 1 is 1.28 bits per heavy atom. The molecule has 0 radical (unpaired) electrons. The van der Waals surface area contributed by atoms with Crippen molar-refractivity contribution in [3.05, 3.63) is 29.8 Å². The second-order valence-electron chi connectivity index (χ2n) is 4.59. The van der Waals surface area contributed by atoms with Gasteiger partial charge in [0.05, 0.1) is 5.69 Å². The topological polar surface area (TPSA) is 75.4 Å². The lowest BCUT2D eigenvalue weighted by molar-refractivity contribution is 0.558. The zero-order valence-electron chi connectivity index (χ0n) is 11.1. The van der Waals surface area contributed by atoms with E-state index in [4.69, 9.17) is 5.73 Å².